The van der Waals surface area contributed by atoms with Crippen molar-refractivity contribution in [2.75, 3.05) is 27.2 Å². The lowest BCUT2D eigenvalue weighted by molar-refractivity contribution is -0.140. The second-order valence-corrected chi connectivity index (χ2v) is 8.65. The quantitative estimate of drug-likeness (QED) is 0.415. The summed E-state index contributed by atoms with van der Waals surface area (Å²) in [7, 11) is 3.88. The molecule has 0 aliphatic heterocycles. The first-order valence-electron chi connectivity index (χ1n) is 11.2. The van der Waals surface area contributed by atoms with Gasteiger partial charge in [0.1, 0.15) is 6.54 Å². The minimum absolute atomic E-state index is 0.0869. The van der Waals surface area contributed by atoms with E-state index in [9.17, 15) is 22.8 Å². The number of hydrogen-bond donors (Lipinski definition) is 2. The number of H-pyrrole nitrogens is 1. The molecule has 0 saturated carbocycles. The number of halogens is 3. The molecule has 1 amide bonds. The number of carbonyl (C=O) groups excluding carboxylic acids is 1. The fraction of sp³-hybridized carbons (Fsp3) is 0.320. The van der Waals surface area contributed by atoms with Crippen molar-refractivity contribution in [2.45, 2.75) is 26.1 Å². The van der Waals surface area contributed by atoms with E-state index in [1.54, 1.807) is 30.3 Å². The van der Waals surface area contributed by atoms with E-state index in [0.717, 1.165) is 10.1 Å². The largest absolute Gasteiger partial charge is 0.406 e. The van der Waals surface area contributed by atoms with Gasteiger partial charge in [0.05, 0.1) is 22.6 Å². The van der Waals surface area contributed by atoms with Crippen molar-refractivity contribution >= 4 is 27.7 Å². The summed E-state index contributed by atoms with van der Waals surface area (Å²) >= 11 is 0. The summed E-state index contributed by atoms with van der Waals surface area (Å²) in [5, 5.41) is 9.93. The molecule has 4 rings (SSSR count). The molecule has 0 unspecified atom stereocenters. The van der Waals surface area contributed by atoms with Crippen LogP contribution >= 0.6 is 0 Å². The molecule has 0 aliphatic rings. The summed E-state index contributed by atoms with van der Waals surface area (Å²) in [5.74, 6) is -0.272. The van der Waals surface area contributed by atoms with Crippen LogP contribution < -0.4 is 10.9 Å². The smallest absolute Gasteiger partial charge is 0.352 e. The van der Waals surface area contributed by atoms with Crippen LogP contribution in [0.5, 0.6) is 0 Å². The van der Waals surface area contributed by atoms with E-state index in [-0.39, 0.29) is 16.8 Å². The van der Waals surface area contributed by atoms with Crippen molar-refractivity contribution in [1.29, 1.82) is 0 Å². The van der Waals surface area contributed by atoms with Gasteiger partial charge in [0.15, 0.2) is 0 Å². The highest BCUT2D eigenvalue weighted by molar-refractivity contribution is 6.06. The van der Waals surface area contributed by atoms with Gasteiger partial charge >= 0.3 is 6.18 Å². The number of pyridine rings is 1. The van der Waals surface area contributed by atoms with Crippen LogP contribution in [-0.2, 0) is 13.0 Å². The number of nitrogens with one attached hydrogen (secondary N) is 2. The molecule has 7 nitrogen and oxygen atoms in total. The van der Waals surface area contributed by atoms with Gasteiger partial charge in [-0.3, -0.25) is 19.3 Å². The van der Waals surface area contributed by atoms with E-state index in [0.29, 0.717) is 47.1 Å². The van der Waals surface area contributed by atoms with E-state index in [2.05, 4.69) is 15.5 Å². The molecule has 0 saturated heterocycles. The first-order valence-corrected chi connectivity index (χ1v) is 11.2. The van der Waals surface area contributed by atoms with E-state index in [1.807, 2.05) is 32.0 Å². The zero-order valence-electron chi connectivity index (χ0n) is 19.7. The van der Waals surface area contributed by atoms with Gasteiger partial charge in [-0.1, -0.05) is 24.3 Å². The summed E-state index contributed by atoms with van der Waals surface area (Å²) in [6.45, 7) is 1.53. The maximum absolute atomic E-state index is 13.5. The third-order valence-corrected chi connectivity index (χ3v) is 5.86. The maximum atomic E-state index is 13.5. The Labute approximate surface area is 199 Å². The van der Waals surface area contributed by atoms with Gasteiger partial charge < -0.3 is 10.2 Å². The zero-order chi connectivity index (χ0) is 25.3. The number of alkyl halides is 3. The second-order valence-electron chi connectivity index (χ2n) is 8.65. The van der Waals surface area contributed by atoms with Crippen LogP contribution in [0.25, 0.3) is 32.9 Å². The van der Waals surface area contributed by atoms with Gasteiger partial charge in [-0.05, 0) is 56.3 Å². The number of carbonyl (C=O) groups is 1. The predicted molar refractivity (Wildman–Crippen MR) is 130 cm³/mol. The molecule has 0 radical (unpaired) electrons. The second kappa shape index (κ2) is 9.53. The summed E-state index contributed by atoms with van der Waals surface area (Å²) in [4.78, 5) is 27.9. The third kappa shape index (κ3) is 4.93. The fourth-order valence-electron chi connectivity index (χ4n) is 4.30. The van der Waals surface area contributed by atoms with Crippen LogP contribution in [0, 0.1) is 0 Å². The Morgan fingerprint density at radius 1 is 1.17 bits per heavy atom. The number of likely N-dealkylation sites (N-methyl/N-ethyl adjacent to an activating group) is 1. The van der Waals surface area contributed by atoms with Gasteiger partial charge in [0.25, 0.3) is 11.5 Å². The minimum Gasteiger partial charge on any atom is -0.352 e. The Bertz CT molecular complexity index is 1450. The van der Waals surface area contributed by atoms with Crippen LogP contribution in [0.4, 0.5) is 13.2 Å². The molecule has 2 aromatic heterocycles. The zero-order valence-corrected chi connectivity index (χ0v) is 19.7. The number of hydrogen-bond acceptors (Lipinski definition) is 4. The van der Waals surface area contributed by atoms with Crippen molar-refractivity contribution in [1.82, 2.24) is 25.0 Å². The number of rotatable bonds is 7. The summed E-state index contributed by atoms with van der Waals surface area (Å²) in [6.07, 6.45) is -2.73. The molecule has 0 aliphatic carbocycles. The molecule has 35 heavy (non-hydrogen) atoms. The van der Waals surface area contributed by atoms with Crippen LogP contribution in [0.2, 0.25) is 0 Å². The Balaban J connectivity index is 2.01. The number of amides is 1. The normalized spacial score (nSPS) is 12.1. The lowest BCUT2D eigenvalue weighted by atomic mass is 9.91. The molecule has 10 heteroatoms. The number of fused-ring (bicyclic) bond motifs is 3. The highest BCUT2D eigenvalue weighted by atomic mass is 19.4. The highest BCUT2D eigenvalue weighted by Gasteiger charge is 2.30. The van der Waals surface area contributed by atoms with Gasteiger partial charge in [0, 0.05) is 24.0 Å². The lowest BCUT2D eigenvalue weighted by Gasteiger charge is -2.19. The summed E-state index contributed by atoms with van der Waals surface area (Å²) in [6, 6.07) is 10.4. The molecular weight excluding hydrogens is 459 g/mol. The van der Waals surface area contributed by atoms with Crippen molar-refractivity contribution in [2.24, 2.45) is 0 Å². The molecule has 0 fully saturated rings. The van der Waals surface area contributed by atoms with Crippen LogP contribution in [0.1, 0.15) is 22.8 Å². The molecular formula is C25H26F3N5O2. The first-order chi connectivity index (χ1) is 16.6. The first kappa shape index (κ1) is 24.5. The molecule has 4 aromatic rings. The monoisotopic (exact) mass is 485 g/mol. The van der Waals surface area contributed by atoms with Crippen molar-refractivity contribution in [3.05, 3.63) is 64.1 Å². The van der Waals surface area contributed by atoms with Crippen molar-refractivity contribution < 1.29 is 18.0 Å². The van der Waals surface area contributed by atoms with E-state index >= 15 is 0 Å². The van der Waals surface area contributed by atoms with Crippen LogP contribution in [0.15, 0.2) is 47.4 Å². The fourth-order valence-corrected chi connectivity index (χ4v) is 4.30. The molecule has 184 valence electrons. The van der Waals surface area contributed by atoms with Gasteiger partial charge in [0.2, 0.25) is 0 Å². The van der Waals surface area contributed by atoms with E-state index in [4.69, 9.17) is 0 Å². The number of aromatic amines is 1. The Kier molecular flexibility index (Phi) is 6.66. The molecule has 2 aromatic carbocycles. The van der Waals surface area contributed by atoms with Gasteiger partial charge in [-0.2, -0.15) is 18.3 Å². The van der Waals surface area contributed by atoms with Crippen LogP contribution in [-0.4, -0.2) is 58.9 Å². The lowest BCUT2D eigenvalue weighted by Crippen LogP contribution is -2.28. The number of nitrogens with zero attached hydrogens (tertiary/aromatic N) is 3. The van der Waals surface area contributed by atoms with Gasteiger partial charge in [-0.25, -0.2) is 0 Å². The average Bonchev–Trinajstić information content (AvgIpc) is 3.29. The standard InChI is InChI=1S/C25H26F3N5O2/c1-4-29-23(34)18-7-5-6-15(10-11-32(2)3)21(18)16-8-9-17-20(12-16)33(14-25(26,27)28)24(35)19-13-30-31-22(17)19/h5-9,12-13H,4,10-11,14H2,1-3H3,(H,29,34)(H,30,31). The highest BCUT2D eigenvalue weighted by Crippen LogP contribution is 2.33. The van der Waals surface area contributed by atoms with Crippen molar-refractivity contribution in [3.8, 4) is 11.1 Å². The maximum Gasteiger partial charge on any atom is 0.406 e. The summed E-state index contributed by atoms with van der Waals surface area (Å²) < 4.78 is 41.1. The minimum atomic E-state index is -4.60. The molecule has 2 heterocycles. The summed E-state index contributed by atoms with van der Waals surface area (Å²) in [5.41, 5.74) is 2.22. The topological polar surface area (TPSA) is 83.0 Å². The van der Waals surface area contributed by atoms with E-state index < -0.39 is 18.3 Å². The van der Waals surface area contributed by atoms with Crippen LogP contribution in [0.3, 0.4) is 0 Å². The van der Waals surface area contributed by atoms with E-state index in [1.165, 1.54) is 6.20 Å². The van der Waals surface area contributed by atoms with Gasteiger partial charge in [-0.15, -0.1) is 0 Å². The Morgan fingerprint density at radius 3 is 2.63 bits per heavy atom. The molecule has 0 spiro atoms. The molecule has 0 bridgehead atoms. The van der Waals surface area contributed by atoms with Crippen molar-refractivity contribution in [3.63, 3.8) is 0 Å². The Hall–Kier alpha value is -3.66. The number of benzene rings is 2. The number of aromatic nitrogens is 3. The molecule has 2 N–H and O–H groups in total. The Morgan fingerprint density at radius 2 is 1.94 bits per heavy atom. The molecule has 0 atom stereocenters. The average molecular weight is 486 g/mol. The SMILES string of the molecule is CCNC(=O)c1cccc(CCN(C)C)c1-c1ccc2c3[nH]ncc3c(=O)n(CC(F)(F)F)c2c1. The predicted octanol–water partition coefficient (Wildman–Crippen LogP) is 3.96. The third-order valence-electron chi connectivity index (χ3n) is 5.86.